The molecule has 6 nitrogen and oxygen atoms in total. The van der Waals surface area contributed by atoms with Gasteiger partial charge < -0.3 is 9.84 Å². The molecule has 1 aromatic rings. The summed E-state index contributed by atoms with van der Waals surface area (Å²) in [6.07, 6.45) is 1.37. The highest BCUT2D eigenvalue weighted by Crippen LogP contribution is 2.24. The third-order valence-corrected chi connectivity index (χ3v) is 5.33. The molecule has 1 aromatic carbocycles. The molecule has 1 N–H and O–H groups in total. The van der Waals surface area contributed by atoms with Gasteiger partial charge in [0.05, 0.1) is 16.6 Å². The molecule has 1 atom stereocenters. The van der Waals surface area contributed by atoms with E-state index in [4.69, 9.17) is 9.84 Å². The van der Waals surface area contributed by atoms with Gasteiger partial charge in [0.2, 0.25) is 10.0 Å². The molecule has 110 valence electrons. The lowest BCUT2D eigenvalue weighted by atomic mass is 10.1. The summed E-state index contributed by atoms with van der Waals surface area (Å²) in [5.41, 5.74) is -0.202. The van der Waals surface area contributed by atoms with Crippen LogP contribution in [-0.2, 0) is 14.8 Å². The van der Waals surface area contributed by atoms with E-state index in [-0.39, 0.29) is 23.1 Å². The first-order valence-corrected chi connectivity index (χ1v) is 7.76. The molecule has 0 bridgehead atoms. The van der Waals surface area contributed by atoms with E-state index in [1.807, 2.05) is 0 Å². The minimum Gasteiger partial charge on any atom is -0.478 e. The Balaban J connectivity index is 2.38. The summed E-state index contributed by atoms with van der Waals surface area (Å²) in [6, 6.07) is 5.66. The fourth-order valence-corrected chi connectivity index (χ4v) is 4.02. The molecule has 2 rings (SSSR count). The maximum Gasteiger partial charge on any atom is 0.337 e. The Kier molecular flexibility index (Phi) is 4.42. The van der Waals surface area contributed by atoms with Gasteiger partial charge in [0.15, 0.2) is 0 Å². The fraction of sp³-hybridized carbons (Fsp3) is 0.462. The van der Waals surface area contributed by atoms with Crippen LogP contribution < -0.4 is 0 Å². The van der Waals surface area contributed by atoms with Gasteiger partial charge in [-0.2, -0.15) is 4.31 Å². The maximum atomic E-state index is 12.6. The number of hydrogen-bond acceptors (Lipinski definition) is 4. The number of methoxy groups -OCH3 is 1. The Morgan fingerprint density at radius 3 is 2.75 bits per heavy atom. The van der Waals surface area contributed by atoms with E-state index in [2.05, 4.69) is 0 Å². The van der Waals surface area contributed by atoms with E-state index in [1.165, 1.54) is 28.6 Å². The van der Waals surface area contributed by atoms with Crippen LogP contribution in [0.1, 0.15) is 23.2 Å². The van der Waals surface area contributed by atoms with E-state index >= 15 is 0 Å². The van der Waals surface area contributed by atoms with Crippen molar-refractivity contribution in [1.82, 2.24) is 4.31 Å². The number of hydrogen-bond donors (Lipinski definition) is 1. The van der Waals surface area contributed by atoms with Crippen molar-refractivity contribution in [2.45, 2.75) is 23.8 Å². The number of carboxylic acid groups (broad SMARTS) is 1. The first-order valence-electron chi connectivity index (χ1n) is 6.32. The summed E-state index contributed by atoms with van der Waals surface area (Å²) in [6.45, 7) is 0.642. The van der Waals surface area contributed by atoms with E-state index in [0.29, 0.717) is 13.0 Å². The van der Waals surface area contributed by atoms with Crippen LogP contribution in [-0.4, -0.2) is 50.1 Å². The SMILES string of the molecule is COC1CCCN(S(=O)(=O)c2ccccc2C(=O)O)C1. The molecule has 0 radical (unpaired) electrons. The highest BCUT2D eigenvalue weighted by Gasteiger charge is 2.32. The second-order valence-corrected chi connectivity index (χ2v) is 6.57. The lowest BCUT2D eigenvalue weighted by Crippen LogP contribution is -2.43. The Morgan fingerprint density at radius 1 is 1.40 bits per heavy atom. The number of carboxylic acids is 1. The molecule has 1 heterocycles. The highest BCUT2D eigenvalue weighted by molar-refractivity contribution is 7.89. The second-order valence-electron chi connectivity index (χ2n) is 4.66. The standard InChI is InChI=1S/C13H17NO5S/c1-19-10-5-4-8-14(9-10)20(17,18)12-7-3-2-6-11(12)13(15)16/h2-3,6-7,10H,4-5,8-9H2,1H3,(H,15,16). The molecule has 1 saturated heterocycles. The average Bonchev–Trinajstić information content (AvgIpc) is 2.47. The molecule has 7 heteroatoms. The number of nitrogens with zero attached hydrogens (tertiary/aromatic N) is 1. The normalized spacial score (nSPS) is 20.8. The number of piperidine rings is 1. The van der Waals surface area contributed by atoms with Crippen LogP contribution in [0.15, 0.2) is 29.2 Å². The predicted molar refractivity (Wildman–Crippen MR) is 72.2 cm³/mol. The van der Waals surface area contributed by atoms with Crippen molar-refractivity contribution >= 4 is 16.0 Å². The van der Waals surface area contributed by atoms with Crippen molar-refractivity contribution in [3.63, 3.8) is 0 Å². The smallest absolute Gasteiger partial charge is 0.337 e. The zero-order valence-electron chi connectivity index (χ0n) is 11.2. The number of aromatic carboxylic acids is 1. The first-order chi connectivity index (χ1) is 9.46. The average molecular weight is 299 g/mol. The number of ether oxygens (including phenoxy) is 1. The summed E-state index contributed by atoms with van der Waals surface area (Å²) >= 11 is 0. The van der Waals surface area contributed by atoms with Gasteiger partial charge in [0, 0.05) is 20.2 Å². The van der Waals surface area contributed by atoms with Gasteiger partial charge in [-0.05, 0) is 25.0 Å². The van der Waals surface area contributed by atoms with Crippen molar-refractivity contribution < 1.29 is 23.1 Å². The summed E-state index contributed by atoms with van der Waals surface area (Å²) in [7, 11) is -2.26. The quantitative estimate of drug-likeness (QED) is 0.902. The van der Waals surface area contributed by atoms with Crippen LogP contribution in [0.3, 0.4) is 0 Å². The summed E-state index contributed by atoms with van der Waals surface area (Å²) in [5, 5.41) is 9.12. The van der Waals surface area contributed by atoms with Gasteiger partial charge in [-0.15, -0.1) is 0 Å². The van der Waals surface area contributed by atoms with Gasteiger partial charge in [0.1, 0.15) is 0 Å². The lowest BCUT2D eigenvalue weighted by molar-refractivity contribution is 0.0571. The highest BCUT2D eigenvalue weighted by atomic mass is 32.2. The Hall–Kier alpha value is -1.44. The van der Waals surface area contributed by atoms with Gasteiger partial charge >= 0.3 is 5.97 Å². The molecular formula is C13H17NO5S. The number of rotatable bonds is 4. The van der Waals surface area contributed by atoms with Gasteiger partial charge in [-0.1, -0.05) is 12.1 Å². The molecule has 0 saturated carbocycles. The third-order valence-electron chi connectivity index (χ3n) is 3.41. The largest absolute Gasteiger partial charge is 0.478 e. The van der Waals surface area contributed by atoms with Crippen LogP contribution >= 0.6 is 0 Å². The van der Waals surface area contributed by atoms with Crippen molar-refractivity contribution in [3.8, 4) is 0 Å². The minimum atomic E-state index is -3.81. The van der Waals surface area contributed by atoms with Crippen molar-refractivity contribution in [3.05, 3.63) is 29.8 Å². The summed E-state index contributed by atoms with van der Waals surface area (Å²) in [4.78, 5) is 11.0. The first kappa shape index (κ1) is 15.0. The van der Waals surface area contributed by atoms with E-state index < -0.39 is 16.0 Å². The molecule has 0 aromatic heterocycles. The molecule has 1 aliphatic heterocycles. The Morgan fingerprint density at radius 2 is 2.10 bits per heavy atom. The third kappa shape index (κ3) is 2.84. The van der Waals surface area contributed by atoms with E-state index in [9.17, 15) is 13.2 Å². The lowest BCUT2D eigenvalue weighted by Gasteiger charge is -2.31. The van der Waals surface area contributed by atoms with Crippen molar-refractivity contribution in [2.24, 2.45) is 0 Å². The van der Waals surface area contributed by atoms with Gasteiger partial charge in [-0.25, -0.2) is 13.2 Å². The molecule has 0 aliphatic carbocycles. The Bertz CT molecular complexity index is 599. The Labute approximate surface area is 118 Å². The van der Waals surface area contributed by atoms with Crippen LogP contribution in [0.5, 0.6) is 0 Å². The van der Waals surface area contributed by atoms with E-state index in [1.54, 1.807) is 7.11 Å². The molecule has 20 heavy (non-hydrogen) atoms. The van der Waals surface area contributed by atoms with Crippen LogP contribution in [0, 0.1) is 0 Å². The predicted octanol–water partition coefficient (Wildman–Crippen LogP) is 1.18. The van der Waals surface area contributed by atoms with Gasteiger partial charge in [0.25, 0.3) is 0 Å². The monoisotopic (exact) mass is 299 g/mol. The van der Waals surface area contributed by atoms with Crippen LogP contribution in [0.25, 0.3) is 0 Å². The maximum absolute atomic E-state index is 12.6. The van der Waals surface area contributed by atoms with E-state index in [0.717, 1.165) is 6.42 Å². The summed E-state index contributed by atoms with van der Waals surface area (Å²) < 4.78 is 31.7. The zero-order chi connectivity index (χ0) is 14.8. The van der Waals surface area contributed by atoms with Crippen molar-refractivity contribution in [1.29, 1.82) is 0 Å². The minimum absolute atomic E-state index is 0.143. The molecule has 1 fully saturated rings. The number of benzene rings is 1. The topological polar surface area (TPSA) is 83.9 Å². The molecule has 0 amide bonds. The number of sulfonamides is 1. The summed E-state index contributed by atoms with van der Waals surface area (Å²) in [5.74, 6) is -1.25. The van der Waals surface area contributed by atoms with Crippen molar-refractivity contribution in [2.75, 3.05) is 20.2 Å². The molecule has 1 unspecified atom stereocenters. The van der Waals surface area contributed by atoms with Gasteiger partial charge in [-0.3, -0.25) is 0 Å². The second kappa shape index (κ2) is 5.90. The fourth-order valence-electron chi connectivity index (χ4n) is 2.32. The molecule has 0 spiro atoms. The number of carbonyl (C=O) groups is 1. The molecular weight excluding hydrogens is 282 g/mol. The van der Waals surface area contributed by atoms with Crippen LogP contribution in [0.4, 0.5) is 0 Å². The molecule has 1 aliphatic rings. The van der Waals surface area contributed by atoms with Crippen LogP contribution in [0.2, 0.25) is 0 Å². The zero-order valence-corrected chi connectivity index (χ0v) is 12.0.